The van der Waals surface area contributed by atoms with Crippen LogP contribution in [0.2, 0.25) is 0 Å². The van der Waals surface area contributed by atoms with Gasteiger partial charge in [0.2, 0.25) is 5.91 Å². The van der Waals surface area contributed by atoms with Gasteiger partial charge in [-0.3, -0.25) is 15.1 Å². The number of hydrogen-bond donors (Lipinski definition) is 3. The fourth-order valence-corrected chi connectivity index (χ4v) is 2.12. The molecule has 0 aliphatic carbocycles. The number of nitrogens with two attached hydrogens (primary N) is 1. The molecule has 0 aromatic carbocycles. The average molecular weight is 245 g/mol. The van der Waals surface area contributed by atoms with Crippen LogP contribution >= 0.6 is 0 Å². The van der Waals surface area contributed by atoms with Gasteiger partial charge < -0.3 is 9.84 Å². The van der Waals surface area contributed by atoms with Crippen LogP contribution in [0.1, 0.15) is 26.2 Å². The van der Waals surface area contributed by atoms with Crippen LogP contribution in [0.15, 0.2) is 0 Å². The molecule has 6 heteroatoms. The van der Waals surface area contributed by atoms with E-state index in [1.807, 2.05) is 6.92 Å². The van der Waals surface area contributed by atoms with E-state index in [1.54, 1.807) is 0 Å². The highest BCUT2D eigenvalue weighted by atomic mass is 16.5. The van der Waals surface area contributed by atoms with E-state index in [0.29, 0.717) is 6.42 Å². The molecule has 1 rings (SSSR count). The predicted octanol–water partition coefficient (Wildman–Crippen LogP) is -0.772. The molecule has 1 heterocycles. The van der Waals surface area contributed by atoms with Crippen molar-refractivity contribution in [3.05, 3.63) is 0 Å². The first-order valence-corrected chi connectivity index (χ1v) is 6.13. The third kappa shape index (κ3) is 5.45. The second kappa shape index (κ2) is 7.60. The summed E-state index contributed by atoms with van der Waals surface area (Å²) < 4.78 is 5.56. The van der Waals surface area contributed by atoms with Gasteiger partial charge in [0.05, 0.1) is 18.8 Å². The van der Waals surface area contributed by atoms with Gasteiger partial charge in [-0.2, -0.15) is 0 Å². The van der Waals surface area contributed by atoms with Gasteiger partial charge in [0.15, 0.2) is 0 Å². The maximum absolute atomic E-state index is 10.9. The van der Waals surface area contributed by atoms with Gasteiger partial charge in [-0.15, -0.1) is 0 Å². The Labute approximate surface area is 102 Å². The number of rotatable bonds is 6. The summed E-state index contributed by atoms with van der Waals surface area (Å²) in [5.41, 5.74) is 2.12. The molecule has 0 spiro atoms. The summed E-state index contributed by atoms with van der Waals surface area (Å²) in [6.07, 6.45) is 2.34. The van der Waals surface area contributed by atoms with Gasteiger partial charge in [-0.1, -0.05) is 0 Å². The van der Waals surface area contributed by atoms with E-state index >= 15 is 0 Å². The molecule has 0 bridgehead atoms. The van der Waals surface area contributed by atoms with Crippen molar-refractivity contribution < 1.29 is 14.6 Å². The number of morpholine rings is 1. The van der Waals surface area contributed by atoms with E-state index in [-0.39, 0.29) is 24.7 Å². The highest BCUT2D eigenvalue weighted by Crippen LogP contribution is 2.11. The molecule has 1 aliphatic rings. The third-order valence-electron chi connectivity index (χ3n) is 2.89. The first kappa shape index (κ1) is 14.4. The summed E-state index contributed by atoms with van der Waals surface area (Å²) in [5, 5.41) is 9.08. The minimum Gasteiger partial charge on any atom is -0.394 e. The summed E-state index contributed by atoms with van der Waals surface area (Å²) in [4.78, 5) is 13.2. The molecular weight excluding hydrogens is 222 g/mol. The van der Waals surface area contributed by atoms with Crippen molar-refractivity contribution >= 4 is 5.91 Å². The van der Waals surface area contributed by atoms with E-state index in [9.17, 15) is 4.79 Å². The van der Waals surface area contributed by atoms with E-state index in [0.717, 1.165) is 32.5 Å². The van der Waals surface area contributed by atoms with Crippen molar-refractivity contribution in [3.63, 3.8) is 0 Å². The highest BCUT2D eigenvalue weighted by Gasteiger charge is 2.23. The van der Waals surface area contributed by atoms with Crippen LogP contribution in [0.3, 0.4) is 0 Å². The van der Waals surface area contributed by atoms with Crippen LogP contribution in [0, 0.1) is 0 Å². The van der Waals surface area contributed by atoms with Crippen LogP contribution in [-0.4, -0.2) is 54.4 Å². The largest absolute Gasteiger partial charge is 0.394 e. The summed E-state index contributed by atoms with van der Waals surface area (Å²) in [5.74, 6) is 4.88. The molecule has 4 N–H and O–H groups in total. The number of nitrogens with zero attached hydrogens (tertiary/aromatic N) is 1. The standard InChI is InChI=1S/C11H23N3O3/c1-9-6-14(7-10(8-15)17-9)5-3-2-4-11(16)13-12/h9-10,15H,2-8,12H2,1H3,(H,13,16). The Kier molecular flexibility index (Phi) is 6.43. The number of ether oxygens (including phenoxy) is 1. The Morgan fingerprint density at radius 1 is 1.53 bits per heavy atom. The lowest BCUT2D eigenvalue weighted by molar-refractivity contribution is -0.121. The number of hydrogen-bond acceptors (Lipinski definition) is 5. The molecule has 2 unspecified atom stereocenters. The Morgan fingerprint density at radius 2 is 2.29 bits per heavy atom. The number of carbonyl (C=O) groups is 1. The van der Waals surface area contributed by atoms with Crippen molar-refractivity contribution in [3.8, 4) is 0 Å². The lowest BCUT2D eigenvalue weighted by Crippen LogP contribution is -2.48. The van der Waals surface area contributed by atoms with E-state index in [4.69, 9.17) is 15.7 Å². The minimum absolute atomic E-state index is 0.0659. The van der Waals surface area contributed by atoms with Gasteiger partial charge in [-0.25, -0.2) is 5.84 Å². The molecule has 1 aliphatic heterocycles. The van der Waals surface area contributed by atoms with Crippen LogP contribution in [-0.2, 0) is 9.53 Å². The summed E-state index contributed by atoms with van der Waals surface area (Å²) in [7, 11) is 0. The Bertz CT molecular complexity index is 238. The van der Waals surface area contributed by atoms with E-state index < -0.39 is 0 Å². The van der Waals surface area contributed by atoms with Crippen LogP contribution < -0.4 is 11.3 Å². The van der Waals surface area contributed by atoms with E-state index in [2.05, 4.69) is 10.3 Å². The van der Waals surface area contributed by atoms with Crippen molar-refractivity contribution in [2.24, 2.45) is 5.84 Å². The normalized spacial score (nSPS) is 25.8. The predicted molar refractivity (Wildman–Crippen MR) is 64.0 cm³/mol. The quantitative estimate of drug-likeness (QED) is 0.247. The lowest BCUT2D eigenvalue weighted by Gasteiger charge is -2.36. The summed E-state index contributed by atoms with van der Waals surface area (Å²) in [6.45, 7) is 4.67. The molecule has 1 amide bonds. The van der Waals surface area contributed by atoms with Gasteiger partial charge in [0.1, 0.15) is 0 Å². The molecule has 6 nitrogen and oxygen atoms in total. The zero-order valence-corrected chi connectivity index (χ0v) is 10.4. The molecule has 0 radical (unpaired) electrons. The molecule has 0 aromatic rings. The Morgan fingerprint density at radius 3 is 2.94 bits per heavy atom. The van der Waals surface area contributed by atoms with E-state index in [1.165, 1.54) is 0 Å². The van der Waals surface area contributed by atoms with Crippen LogP contribution in [0.4, 0.5) is 0 Å². The van der Waals surface area contributed by atoms with Crippen molar-refractivity contribution in [2.75, 3.05) is 26.2 Å². The maximum atomic E-state index is 10.9. The van der Waals surface area contributed by atoms with Gasteiger partial charge in [0, 0.05) is 19.5 Å². The number of aliphatic hydroxyl groups excluding tert-OH is 1. The molecule has 0 saturated carbocycles. The fraction of sp³-hybridized carbons (Fsp3) is 0.909. The molecule has 0 aromatic heterocycles. The zero-order chi connectivity index (χ0) is 12.7. The summed E-state index contributed by atoms with van der Waals surface area (Å²) >= 11 is 0. The highest BCUT2D eigenvalue weighted by molar-refractivity contribution is 5.75. The average Bonchev–Trinajstić information content (AvgIpc) is 2.33. The molecule has 100 valence electrons. The summed E-state index contributed by atoms with van der Waals surface area (Å²) in [6, 6.07) is 0. The lowest BCUT2D eigenvalue weighted by atomic mass is 10.2. The van der Waals surface area contributed by atoms with Gasteiger partial charge >= 0.3 is 0 Å². The van der Waals surface area contributed by atoms with Crippen molar-refractivity contribution in [2.45, 2.75) is 38.4 Å². The number of amides is 1. The molecule has 1 fully saturated rings. The first-order valence-electron chi connectivity index (χ1n) is 6.13. The monoisotopic (exact) mass is 245 g/mol. The number of nitrogens with one attached hydrogen (secondary N) is 1. The van der Waals surface area contributed by atoms with Gasteiger partial charge in [-0.05, 0) is 26.3 Å². The fourth-order valence-electron chi connectivity index (χ4n) is 2.12. The maximum Gasteiger partial charge on any atom is 0.233 e. The SMILES string of the molecule is CC1CN(CCCCC(=O)NN)CC(CO)O1. The molecule has 1 saturated heterocycles. The zero-order valence-electron chi connectivity index (χ0n) is 10.4. The van der Waals surface area contributed by atoms with Crippen molar-refractivity contribution in [1.29, 1.82) is 0 Å². The van der Waals surface area contributed by atoms with Crippen molar-refractivity contribution in [1.82, 2.24) is 10.3 Å². The van der Waals surface area contributed by atoms with Gasteiger partial charge in [0.25, 0.3) is 0 Å². The third-order valence-corrected chi connectivity index (χ3v) is 2.89. The second-order valence-electron chi connectivity index (χ2n) is 4.54. The number of hydrazine groups is 1. The number of unbranched alkanes of at least 4 members (excludes halogenated alkanes) is 1. The minimum atomic E-state index is -0.117. The molecule has 17 heavy (non-hydrogen) atoms. The molecule has 2 atom stereocenters. The second-order valence-corrected chi connectivity index (χ2v) is 4.54. The van der Waals surface area contributed by atoms with Crippen LogP contribution in [0.5, 0.6) is 0 Å². The van der Waals surface area contributed by atoms with Crippen LogP contribution in [0.25, 0.3) is 0 Å². The number of aliphatic hydroxyl groups is 1. The Balaban J connectivity index is 2.15. The number of carbonyl (C=O) groups excluding carboxylic acids is 1. The Hall–Kier alpha value is -0.690. The molecular formula is C11H23N3O3. The smallest absolute Gasteiger partial charge is 0.233 e. The topological polar surface area (TPSA) is 87.8 Å². The first-order chi connectivity index (χ1) is 8.15.